The Morgan fingerprint density at radius 3 is 1.40 bits per heavy atom. The van der Waals surface area contributed by atoms with Gasteiger partial charge in [0.1, 0.15) is 34.8 Å². The molecule has 2 atom stereocenters. The summed E-state index contributed by atoms with van der Waals surface area (Å²) in [4.78, 5) is 17.6. The van der Waals surface area contributed by atoms with Crippen LogP contribution >= 0.6 is 0 Å². The molecule has 0 fully saturated rings. The van der Waals surface area contributed by atoms with Gasteiger partial charge in [0.05, 0.1) is 36.2 Å². The summed E-state index contributed by atoms with van der Waals surface area (Å²) >= 11 is 0. The Labute approximate surface area is 357 Å². The second kappa shape index (κ2) is 16.8. The van der Waals surface area contributed by atoms with Crippen LogP contribution in [0.3, 0.4) is 0 Å². The van der Waals surface area contributed by atoms with Gasteiger partial charge in [-0.3, -0.25) is 9.97 Å². The quantitative estimate of drug-likeness (QED) is 0.117. The number of nitrogens with one attached hydrogen (secondary N) is 2. The number of phenols is 2. The van der Waals surface area contributed by atoms with Gasteiger partial charge >= 0.3 is 0 Å². The van der Waals surface area contributed by atoms with Crippen molar-refractivity contribution in [2.45, 2.75) is 90.1 Å². The maximum atomic E-state index is 13.8. The van der Waals surface area contributed by atoms with E-state index < -0.39 is 11.6 Å². The topological polar surface area (TPSA) is 151 Å². The van der Waals surface area contributed by atoms with Crippen LogP contribution in [0.25, 0.3) is 33.8 Å². The maximum absolute atomic E-state index is 13.8. The zero-order valence-corrected chi connectivity index (χ0v) is 35.0. The fourth-order valence-corrected chi connectivity index (χ4v) is 8.53. The van der Waals surface area contributed by atoms with Crippen molar-refractivity contribution in [3.63, 3.8) is 0 Å². The minimum atomic E-state index is -0.390. The Morgan fingerprint density at radius 1 is 0.565 bits per heavy atom. The number of pyridine rings is 2. The summed E-state index contributed by atoms with van der Waals surface area (Å²) in [6.45, 7) is 8.43. The Bertz CT molecular complexity index is 2730. The third-order valence-corrected chi connectivity index (χ3v) is 11.8. The van der Waals surface area contributed by atoms with E-state index in [9.17, 15) is 19.0 Å². The molecule has 14 heteroatoms. The fraction of sp³-hybridized carbons (Fsp3) is 0.292. The minimum absolute atomic E-state index is 0.216. The monoisotopic (exact) mass is 834 g/mol. The van der Waals surface area contributed by atoms with E-state index in [1.54, 1.807) is 24.5 Å². The van der Waals surface area contributed by atoms with Crippen molar-refractivity contribution in [3.05, 3.63) is 143 Å². The molecule has 6 heterocycles. The molecule has 0 saturated heterocycles. The summed E-state index contributed by atoms with van der Waals surface area (Å²) in [7, 11) is 0. The maximum Gasteiger partial charge on any atom is 0.161 e. The van der Waals surface area contributed by atoms with Crippen molar-refractivity contribution in [3.8, 4) is 34.0 Å². The molecule has 62 heavy (non-hydrogen) atoms. The van der Waals surface area contributed by atoms with Crippen molar-refractivity contribution in [2.24, 2.45) is 0 Å². The van der Waals surface area contributed by atoms with E-state index in [-0.39, 0.29) is 23.9 Å². The van der Waals surface area contributed by atoms with E-state index in [2.05, 4.69) is 58.5 Å². The second-order valence-corrected chi connectivity index (χ2v) is 16.9. The molecule has 8 aromatic rings. The predicted octanol–water partition coefficient (Wildman–Crippen LogP) is 9.46. The highest BCUT2D eigenvalue weighted by molar-refractivity contribution is 5.69. The molecule has 316 valence electrons. The number of nitrogens with zero attached hydrogens (tertiary/aromatic N) is 8. The van der Waals surface area contributed by atoms with Crippen LogP contribution in [0.4, 0.5) is 20.4 Å². The van der Waals surface area contributed by atoms with Crippen LogP contribution in [0.5, 0.6) is 11.5 Å². The molecular formula is C48H48F2N10O2. The molecular weight excluding hydrogens is 787 g/mol. The third kappa shape index (κ3) is 8.37. The fourth-order valence-electron chi connectivity index (χ4n) is 8.53. The van der Waals surface area contributed by atoms with Gasteiger partial charge in [0.2, 0.25) is 0 Å². The molecule has 0 spiro atoms. The lowest BCUT2D eigenvalue weighted by Gasteiger charge is -2.26. The molecule has 12 nitrogen and oxygen atoms in total. The smallest absolute Gasteiger partial charge is 0.161 e. The molecule has 0 radical (unpaired) electrons. The predicted molar refractivity (Wildman–Crippen MR) is 236 cm³/mol. The molecule has 0 bridgehead atoms. The summed E-state index contributed by atoms with van der Waals surface area (Å²) in [6.07, 6.45) is 14.7. The molecule has 0 saturated carbocycles. The van der Waals surface area contributed by atoms with Gasteiger partial charge in [-0.1, -0.05) is 39.8 Å². The van der Waals surface area contributed by atoms with E-state index in [0.29, 0.717) is 34.0 Å². The average Bonchev–Trinajstić information content (AvgIpc) is 3.90. The molecule has 0 unspecified atom stereocenters. The molecule has 0 amide bonds. The Morgan fingerprint density at radius 2 is 1.00 bits per heavy atom. The van der Waals surface area contributed by atoms with Crippen molar-refractivity contribution in [2.75, 3.05) is 10.6 Å². The summed E-state index contributed by atoms with van der Waals surface area (Å²) in [5.41, 5.74) is 11.1. The molecule has 4 N–H and O–H groups in total. The number of aromatic hydroxyl groups is 2. The highest BCUT2D eigenvalue weighted by Gasteiger charge is 2.24. The number of rotatable bonds is 8. The second-order valence-electron chi connectivity index (χ2n) is 16.9. The normalized spacial score (nSPS) is 15.9. The number of phenolic OH excluding ortho intramolecular Hbond substituents is 2. The van der Waals surface area contributed by atoms with Gasteiger partial charge in [-0.05, 0) is 109 Å². The molecule has 10 rings (SSSR count). The molecule has 2 aliphatic rings. The van der Waals surface area contributed by atoms with Gasteiger partial charge in [-0.15, -0.1) is 0 Å². The Hall–Kier alpha value is -6.96. The SMILES string of the molecule is CC(C)c1cnn2c(N[C@@H]3CCc4cc(O)ccc4C3)cc(-c3cncc(F)c3)nc12.CC(C)c1cnn2c(N[C@H]3CCc4cc(O)ccc4C3)cc(-c3cncc(F)c3)nc12. The van der Waals surface area contributed by atoms with Crippen LogP contribution in [0.15, 0.2) is 97.8 Å². The lowest BCUT2D eigenvalue weighted by atomic mass is 9.88. The van der Waals surface area contributed by atoms with Gasteiger partial charge in [0.25, 0.3) is 0 Å². The Kier molecular flexibility index (Phi) is 11.0. The number of hydrogen-bond donors (Lipinski definition) is 4. The molecule has 0 aliphatic heterocycles. The summed E-state index contributed by atoms with van der Waals surface area (Å²) in [5, 5.41) is 35.9. The average molecular weight is 835 g/mol. The first-order valence-electron chi connectivity index (χ1n) is 21.1. The van der Waals surface area contributed by atoms with Crippen LogP contribution in [-0.4, -0.2) is 61.5 Å². The number of aryl methyl sites for hydroxylation is 2. The van der Waals surface area contributed by atoms with Crippen LogP contribution in [0.1, 0.15) is 85.8 Å². The minimum Gasteiger partial charge on any atom is -0.508 e. The van der Waals surface area contributed by atoms with E-state index in [0.717, 1.165) is 72.6 Å². The molecule has 2 aliphatic carbocycles. The number of anilines is 2. The molecule has 2 aromatic carbocycles. The number of aromatic nitrogens is 8. The highest BCUT2D eigenvalue weighted by atomic mass is 19.1. The lowest BCUT2D eigenvalue weighted by molar-refractivity contribution is 0.472. The Balaban J connectivity index is 0.000000158. The van der Waals surface area contributed by atoms with E-state index >= 15 is 0 Å². The summed E-state index contributed by atoms with van der Waals surface area (Å²) in [5.74, 6) is 2.00. The van der Waals surface area contributed by atoms with Gasteiger partial charge in [-0.2, -0.15) is 19.2 Å². The standard InChI is InChI=1S/2C24H24FN5O/c2*1-14(2)21-13-27-30-23(10-22(29-24(21)30)17-7-18(25)12-26-11-17)28-19-5-3-16-9-20(31)6-4-15(16)8-19/h2*4,6-7,9-14,19,28,31H,3,5,8H2,1-2H3/t2*19-/m10/s1. The van der Waals surface area contributed by atoms with Crippen LogP contribution in [0, 0.1) is 11.6 Å². The number of benzene rings is 2. The third-order valence-electron chi connectivity index (χ3n) is 11.8. The van der Waals surface area contributed by atoms with E-state index in [1.165, 1.54) is 46.8 Å². The van der Waals surface area contributed by atoms with Crippen LogP contribution < -0.4 is 10.6 Å². The van der Waals surface area contributed by atoms with Crippen LogP contribution in [-0.2, 0) is 25.7 Å². The first-order chi connectivity index (χ1) is 29.9. The molecule has 6 aromatic heterocycles. The largest absolute Gasteiger partial charge is 0.508 e. The van der Waals surface area contributed by atoms with Crippen molar-refractivity contribution in [1.29, 1.82) is 0 Å². The van der Waals surface area contributed by atoms with Gasteiger partial charge in [0, 0.05) is 58.9 Å². The lowest BCUT2D eigenvalue weighted by Crippen LogP contribution is -2.28. The van der Waals surface area contributed by atoms with E-state index in [1.807, 2.05) is 57.8 Å². The number of fused-ring (bicyclic) bond motifs is 4. The van der Waals surface area contributed by atoms with Crippen molar-refractivity contribution in [1.82, 2.24) is 39.2 Å². The first kappa shape index (κ1) is 40.4. The van der Waals surface area contributed by atoms with E-state index in [4.69, 9.17) is 9.97 Å². The highest BCUT2D eigenvalue weighted by Crippen LogP contribution is 2.33. The zero-order valence-electron chi connectivity index (χ0n) is 35.0. The van der Waals surface area contributed by atoms with Crippen LogP contribution in [0.2, 0.25) is 0 Å². The summed E-state index contributed by atoms with van der Waals surface area (Å²) < 4.78 is 31.3. The van der Waals surface area contributed by atoms with Gasteiger partial charge < -0.3 is 20.8 Å². The summed E-state index contributed by atoms with van der Waals surface area (Å²) in [6, 6.07) is 18.3. The zero-order chi connectivity index (χ0) is 43.1. The first-order valence-corrected chi connectivity index (χ1v) is 21.1. The number of hydrogen-bond acceptors (Lipinski definition) is 10. The van der Waals surface area contributed by atoms with Crippen molar-refractivity contribution >= 4 is 22.9 Å². The van der Waals surface area contributed by atoms with Gasteiger partial charge in [-0.25, -0.2) is 18.7 Å². The van der Waals surface area contributed by atoms with Crippen molar-refractivity contribution < 1.29 is 19.0 Å². The van der Waals surface area contributed by atoms with Gasteiger partial charge in [0.15, 0.2) is 11.3 Å². The number of halogens is 2.